The van der Waals surface area contributed by atoms with E-state index in [9.17, 15) is 4.79 Å². The third-order valence-corrected chi connectivity index (χ3v) is 4.66. The predicted molar refractivity (Wildman–Crippen MR) is 97.6 cm³/mol. The van der Waals surface area contributed by atoms with Gasteiger partial charge in [0.1, 0.15) is 17.1 Å². The van der Waals surface area contributed by atoms with Crippen LogP contribution in [0.3, 0.4) is 0 Å². The number of carbonyl (C=O) groups is 1. The van der Waals surface area contributed by atoms with E-state index in [-0.39, 0.29) is 5.91 Å². The number of methoxy groups -OCH3 is 1. The van der Waals surface area contributed by atoms with Gasteiger partial charge in [-0.2, -0.15) is 0 Å². The van der Waals surface area contributed by atoms with Crippen LogP contribution in [0.25, 0.3) is 0 Å². The van der Waals surface area contributed by atoms with Gasteiger partial charge in [0.2, 0.25) is 5.91 Å². The van der Waals surface area contributed by atoms with E-state index in [4.69, 9.17) is 10.5 Å². The Bertz CT molecular complexity index is 725. The summed E-state index contributed by atoms with van der Waals surface area (Å²) in [6.45, 7) is 4.46. The summed E-state index contributed by atoms with van der Waals surface area (Å²) < 4.78 is 5.25. The lowest BCUT2D eigenvalue weighted by Crippen LogP contribution is -2.56. The molecule has 1 aromatic carbocycles. The zero-order valence-corrected chi connectivity index (χ0v) is 14.7. The lowest BCUT2D eigenvalue weighted by atomic mass is 9.91. The van der Waals surface area contributed by atoms with E-state index in [1.807, 2.05) is 47.4 Å². The summed E-state index contributed by atoms with van der Waals surface area (Å²) in [5.74, 6) is 1.60. The Labute approximate surface area is 148 Å². The molecular weight excluding hydrogens is 316 g/mol. The Balaban J connectivity index is 1.66. The molecule has 1 aromatic heterocycles. The normalized spacial score (nSPS) is 17.1. The molecule has 1 amide bonds. The van der Waals surface area contributed by atoms with Crippen molar-refractivity contribution in [3.8, 4) is 5.75 Å². The first-order valence-electron chi connectivity index (χ1n) is 8.41. The van der Waals surface area contributed by atoms with Gasteiger partial charge in [-0.3, -0.25) is 4.79 Å². The van der Waals surface area contributed by atoms with Crippen molar-refractivity contribution >= 4 is 11.7 Å². The highest BCUT2D eigenvalue weighted by Gasteiger charge is 2.35. The minimum Gasteiger partial charge on any atom is -0.497 e. The third-order valence-electron chi connectivity index (χ3n) is 4.66. The maximum atomic E-state index is 12.9. The van der Waals surface area contributed by atoms with Crippen LogP contribution in [0.5, 0.6) is 5.75 Å². The summed E-state index contributed by atoms with van der Waals surface area (Å²) in [4.78, 5) is 21.3. The zero-order chi connectivity index (χ0) is 17.9. The number of anilines is 1. The Morgan fingerprint density at radius 2 is 1.84 bits per heavy atom. The molecular formula is C19H24N4O2. The quantitative estimate of drug-likeness (QED) is 0.916. The van der Waals surface area contributed by atoms with Gasteiger partial charge in [-0.25, -0.2) is 4.98 Å². The average molecular weight is 340 g/mol. The topological polar surface area (TPSA) is 71.7 Å². The Morgan fingerprint density at radius 3 is 2.48 bits per heavy atom. The molecule has 1 aliphatic heterocycles. The van der Waals surface area contributed by atoms with E-state index < -0.39 is 5.54 Å². The van der Waals surface area contributed by atoms with Crippen LogP contribution in [0, 0.1) is 0 Å². The van der Waals surface area contributed by atoms with E-state index in [0.717, 1.165) is 30.2 Å². The minimum atomic E-state index is -1.02. The monoisotopic (exact) mass is 340 g/mol. The number of piperazine rings is 1. The third kappa shape index (κ3) is 3.58. The molecule has 1 saturated heterocycles. The standard InChI is InChI=1S/C19H24N4O2/c1-19(20,15-6-4-3-5-7-15)18(24)23-12-10-22(11-13-23)17-14-16(25-2)8-9-21-17/h3-9,14H,10-13,20H2,1-2H3. The number of amides is 1. The molecule has 0 aliphatic carbocycles. The fourth-order valence-electron chi connectivity index (χ4n) is 3.07. The van der Waals surface area contributed by atoms with Gasteiger partial charge >= 0.3 is 0 Å². The second kappa shape index (κ2) is 7.11. The molecule has 0 spiro atoms. The van der Waals surface area contributed by atoms with Crippen molar-refractivity contribution in [3.05, 3.63) is 54.2 Å². The summed E-state index contributed by atoms with van der Waals surface area (Å²) in [6.07, 6.45) is 1.73. The first-order valence-corrected chi connectivity index (χ1v) is 8.41. The molecule has 132 valence electrons. The van der Waals surface area contributed by atoms with Crippen LogP contribution >= 0.6 is 0 Å². The number of benzene rings is 1. The van der Waals surface area contributed by atoms with Crippen molar-refractivity contribution < 1.29 is 9.53 Å². The Kier molecular flexibility index (Phi) is 4.90. The second-order valence-electron chi connectivity index (χ2n) is 6.40. The first-order chi connectivity index (χ1) is 12.0. The highest BCUT2D eigenvalue weighted by Crippen LogP contribution is 2.23. The van der Waals surface area contributed by atoms with E-state index in [0.29, 0.717) is 13.1 Å². The summed E-state index contributed by atoms with van der Waals surface area (Å²) in [5, 5.41) is 0. The van der Waals surface area contributed by atoms with Crippen LogP contribution in [-0.4, -0.2) is 49.1 Å². The van der Waals surface area contributed by atoms with Crippen molar-refractivity contribution in [3.63, 3.8) is 0 Å². The molecule has 2 heterocycles. The van der Waals surface area contributed by atoms with Crippen LogP contribution in [0.4, 0.5) is 5.82 Å². The van der Waals surface area contributed by atoms with Crippen molar-refractivity contribution in [2.75, 3.05) is 38.2 Å². The lowest BCUT2D eigenvalue weighted by Gasteiger charge is -2.39. The zero-order valence-electron chi connectivity index (χ0n) is 14.7. The maximum Gasteiger partial charge on any atom is 0.247 e. The Morgan fingerprint density at radius 1 is 1.16 bits per heavy atom. The molecule has 0 saturated carbocycles. The lowest BCUT2D eigenvalue weighted by molar-refractivity contribution is -0.137. The van der Waals surface area contributed by atoms with Crippen LogP contribution in [-0.2, 0) is 10.3 Å². The number of aromatic nitrogens is 1. The number of ether oxygens (including phenoxy) is 1. The number of hydrogen-bond donors (Lipinski definition) is 1. The SMILES string of the molecule is COc1ccnc(N2CCN(C(=O)C(C)(N)c3ccccc3)CC2)c1. The van der Waals surface area contributed by atoms with Crippen molar-refractivity contribution in [2.24, 2.45) is 5.73 Å². The summed E-state index contributed by atoms with van der Waals surface area (Å²) >= 11 is 0. The van der Waals surface area contributed by atoms with Crippen LogP contribution in [0.15, 0.2) is 48.7 Å². The minimum absolute atomic E-state index is 0.0445. The maximum absolute atomic E-state index is 12.9. The molecule has 0 radical (unpaired) electrons. The van der Waals surface area contributed by atoms with Gasteiger partial charge in [0.15, 0.2) is 0 Å². The molecule has 1 aliphatic rings. The largest absolute Gasteiger partial charge is 0.497 e. The van der Waals surface area contributed by atoms with Gasteiger partial charge < -0.3 is 20.3 Å². The molecule has 1 fully saturated rings. The fraction of sp³-hybridized carbons (Fsp3) is 0.368. The van der Waals surface area contributed by atoms with Gasteiger partial charge in [0.05, 0.1) is 7.11 Å². The summed E-state index contributed by atoms with van der Waals surface area (Å²) in [6, 6.07) is 13.3. The molecule has 1 atom stereocenters. The number of carbonyl (C=O) groups excluding carboxylic acids is 1. The van der Waals surface area contributed by atoms with Gasteiger partial charge in [0, 0.05) is 38.4 Å². The average Bonchev–Trinajstić information content (AvgIpc) is 2.68. The van der Waals surface area contributed by atoms with Crippen molar-refractivity contribution in [2.45, 2.75) is 12.5 Å². The molecule has 6 nitrogen and oxygen atoms in total. The Hall–Kier alpha value is -2.60. The summed E-state index contributed by atoms with van der Waals surface area (Å²) in [5.41, 5.74) is 6.18. The van der Waals surface area contributed by atoms with Gasteiger partial charge in [0.25, 0.3) is 0 Å². The number of pyridine rings is 1. The van der Waals surface area contributed by atoms with E-state index in [1.165, 1.54) is 0 Å². The van der Waals surface area contributed by atoms with Gasteiger partial charge in [-0.05, 0) is 18.6 Å². The molecule has 1 unspecified atom stereocenters. The van der Waals surface area contributed by atoms with Crippen LogP contribution < -0.4 is 15.4 Å². The van der Waals surface area contributed by atoms with Crippen molar-refractivity contribution in [1.82, 2.24) is 9.88 Å². The number of rotatable bonds is 4. The number of hydrogen-bond acceptors (Lipinski definition) is 5. The molecule has 25 heavy (non-hydrogen) atoms. The fourth-order valence-corrected chi connectivity index (χ4v) is 3.07. The smallest absolute Gasteiger partial charge is 0.247 e. The first kappa shape index (κ1) is 17.2. The van der Waals surface area contributed by atoms with E-state index >= 15 is 0 Å². The molecule has 3 rings (SSSR count). The highest BCUT2D eigenvalue weighted by atomic mass is 16.5. The molecule has 0 bridgehead atoms. The molecule has 2 aromatic rings. The highest BCUT2D eigenvalue weighted by molar-refractivity contribution is 5.87. The predicted octanol–water partition coefficient (Wildman–Crippen LogP) is 1.61. The van der Waals surface area contributed by atoms with Crippen LogP contribution in [0.2, 0.25) is 0 Å². The van der Waals surface area contributed by atoms with Crippen LogP contribution in [0.1, 0.15) is 12.5 Å². The van der Waals surface area contributed by atoms with Gasteiger partial charge in [-0.15, -0.1) is 0 Å². The number of nitrogens with two attached hydrogens (primary N) is 1. The summed E-state index contributed by atoms with van der Waals surface area (Å²) in [7, 11) is 1.64. The van der Waals surface area contributed by atoms with Gasteiger partial charge in [-0.1, -0.05) is 30.3 Å². The van der Waals surface area contributed by atoms with Crippen molar-refractivity contribution in [1.29, 1.82) is 0 Å². The molecule has 2 N–H and O–H groups in total. The van der Waals surface area contributed by atoms with E-state index in [1.54, 1.807) is 20.2 Å². The number of nitrogens with zero attached hydrogens (tertiary/aromatic N) is 3. The second-order valence-corrected chi connectivity index (χ2v) is 6.40. The molecule has 6 heteroatoms. The van der Waals surface area contributed by atoms with E-state index in [2.05, 4.69) is 9.88 Å².